The van der Waals surface area contributed by atoms with Crippen molar-refractivity contribution in [2.24, 2.45) is 17.6 Å². The number of carbonyl (C=O) groups is 3. The lowest BCUT2D eigenvalue weighted by Gasteiger charge is -2.21. The molecule has 6 nitrogen and oxygen atoms in total. The quantitative estimate of drug-likeness (QED) is 0.546. The number of rotatable bonds is 8. The number of hydrogen-bond acceptors (Lipinski definition) is 4. The van der Waals surface area contributed by atoms with Gasteiger partial charge in [-0.05, 0) is 25.2 Å². The van der Waals surface area contributed by atoms with Crippen molar-refractivity contribution in [1.82, 2.24) is 10.6 Å². The van der Waals surface area contributed by atoms with Crippen molar-refractivity contribution in [2.45, 2.75) is 44.2 Å². The molecule has 2 amide bonds. The largest absolute Gasteiger partial charge is 0.356 e. The molecule has 1 saturated carbocycles. The molecule has 118 valence electrons. The molecule has 2 aliphatic rings. The van der Waals surface area contributed by atoms with E-state index >= 15 is 0 Å². The lowest BCUT2D eigenvalue weighted by molar-refractivity contribution is -0.129. The first-order chi connectivity index (χ1) is 10.0. The highest BCUT2D eigenvalue weighted by atomic mass is 35.5. The summed E-state index contributed by atoms with van der Waals surface area (Å²) < 4.78 is 0. The molecule has 0 radical (unpaired) electrons. The predicted molar refractivity (Wildman–Crippen MR) is 78.7 cm³/mol. The van der Waals surface area contributed by atoms with E-state index in [1.807, 2.05) is 0 Å². The van der Waals surface area contributed by atoms with Crippen LogP contribution in [-0.4, -0.2) is 42.1 Å². The molecule has 4 N–H and O–H groups in total. The van der Waals surface area contributed by atoms with Gasteiger partial charge in [-0.1, -0.05) is 12.8 Å². The van der Waals surface area contributed by atoms with Crippen LogP contribution in [0.25, 0.3) is 0 Å². The number of hydrogen-bond donors (Lipinski definition) is 3. The van der Waals surface area contributed by atoms with Gasteiger partial charge in [0.2, 0.25) is 11.8 Å². The average Bonchev–Trinajstić information content (AvgIpc) is 3.19. The van der Waals surface area contributed by atoms with Crippen LogP contribution in [0.5, 0.6) is 0 Å². The zero-order valence-corrected chi connectivity index (χ0v) is 12.7. The number of carbonyl (C=O) groups excluding carboxylic acids is 3. The predicted octanol–water partition coefficient (Wildman–Crippen LogP) is -0.0673. The fraction of sp³-hybridized carbons (Fsp3) is 0.786. The third kappa shape index (κ3) is 4.68. The second kappa shape index (κ2) is 7.22. The summed E-state index contributed by atoms with van der Waals surface area (Å²) in [5.41, 5.74) is 5.85. The van der Waals surface area contributed by atoms with Gasteiger partial charge in [0.1, 0.15) is 0 Å². The van der Waals surface area contributed by atoms with Crippen molar-refractivity contribution < 1.29 is 14.4 Å². The summed E-state index contributed by atoms with van der Waals surface area (Å²) in [4.78, 5) is 35.5. The molecule has 0 unspecified atom stereocenters. The van der Waals surface area contributed by atoms with Crippen molar-refractivity contribution in [2.75, 3.05) is 12.4 Å². The van der Waals surface area contributed by atoms with Crippen LogP contribution in [-0.2, 0) is 14.4 Å². The summed E-state index contributed by atoms with van der Waals surface area (Å²) in [7, 11) is 0. The molecule has 0 spiro atoms. The number of nitrogens with two attached hydrogens (primary N) is 1. The van der Waals surface area contributed by atoms with Crippen molar-refractivity contribution in [3.05, 3.63) is 0 Å². The summed E-state index contributed by atoms with van der Waals surface area (Å²) >= 11 is 5.59. The number of ketones is 1. The Bertz CT molecular complexity index is 426. The molecule has 1 aliphatic heterocycles. The van der Waals surface area contributed by atoms with Gasteiger partial charge in [0, 0.05) is 12.5 Å². The van der Waals surface area contributed by atoms with Crippen molar-refractivity contribution in [3.63, 3.8) is 0 Å². The number of Topliss-reactive ketones (excluding diaryl/α,β-unsaturated/α-hetero) is 1. The summed E-state index contributed by atoms with van der Waals surface area (Å²) in [6.07, 6.45) is 3.85. The molecule has 1 saturated heterocycles. The van der Waals surface area contributed by atoms with E-state index in [2.05, 4.69) is 10.6 Å². The lowest BCUT2D eigenvalue weighted by atomic mass is 9.96. The summed E-state index contributed by atoms with van der Waals surface area (Å²) in [6.45, 7) is 0.612. The molecule has 0 aromatic carbocycles. The van der Waals surface area contributed by atoms with E-state index < -0.39 is 12.1 Å². The Morgan fingerprint density at radius 3 is 2.57 bits per heavy atom. The zero-order valence-electron chi connectivity index (χ0n) is 11.9. The fourth-order valence-corrected chi connectivity index (χ4v) is 2.80. The van der Waals surface area contributed by atoms with Crippen LogP contribution in [0.1, 0.15) is 32.1 Å². The Morgan fingerprint density at radius 2 is 2.05 bits per heavy atom. The third-order valence-corrected chi connectivity index (χ3v) is 4.40. The normalized spacial score (nSPS) is 24.3. The van der Waals surface area contributed by atoms with Gasteiger partial charge in [-0.3, -0.25) is 14.4 Å². The van der Waals surface area contributed by atoms with E-state index in [-0.39, 0.29) is 29.4 Å². The summed E-state index contributed by atoms with van der Waals surface area (Å²) in [5.74, 6) is -0.571. The van der Waals surface area contributed by atoms with Gasteiger partial charge in [0.25, 0.3) is 0 Å². The van der Waals surface area contributed by atoms with Crippen molar-refractivity contribution >= 4 is 29.2 Å². The first-order valence-corrected chi connectivity index (χ1v) is 7.97. The van der Waals surface area contributed by atoms with Gasteiger partial charge < -0.3 is 16.4 Å². The van der Waals surface area contributed by atoms with E-state index in [0.717, 1.165) is 12.8 Å². The van der Waals surface area contributed by atoms with Gasteiger partial charge in [-0.15, -0.1) is 11.6 Å². The number of halogens is 1. The van der Waals surface area contributed by atoms with Crippen LogP contribution in [0.2, 0.25) is 0 Å². The molecule has 1 aliphatic carbocycles. The number of alkyl halides is 1. The maximum Gasteiger partial charge on any atom is 0.237 e. The molecule has 2 rings (SSSR count). The highest BCUT2D eigenvalue weighted by molar-refractivity contribution is 6.28. The fourth-order valence-electron chi connectivity index (χ4n) is 2.62. The van der Waals surface area contributed by atoms with E-state index in [0.29, 0.717) is 31.7 Å². The molecule has 2 fully saturated rings. The Kier molecular flexibility index (Phi) is 5.58. The average molecular weight is 316 g/mol. The molecule has 0 aromatic rings. The van der Waals surface area contributed by atoms with Crippen LogP contribution in [0, 0.1) is 11.8 Å². The molecule has 21 heavy (non-hydrogen) atoms. The first kappa shape index (κ1) is 16.2. The summed E-state index contributed by atoms with van der Waals surface area (Å²) in [6, 6.07) is -1.32. The topological polar surface area (TPSA) is 101 Å². The van der Waals surface area contributed by atoms with Gasteiger partial charge in [0.05, 0.1) is 18.0 Å². The SMILES string of the molecule is N[C@@H](CC1CC1)C(=O)N[C@@H](C[C@@H]1CCNC1=O)C(=O)CCl. The molecule has 7 heteroatoms. The Labute approximate surface area is 129 Å². The first-order valence-electron chi connectivity index (χ1n) is 7.43. The van der Waals surface area contributed by atoms with Gasteiger partial charge in [-0.2, -0.15) is 0 Å². The Morgan fingerprint density at radius 1 is 1.33 bits per heavy atom. The molecular formula is C14H22ClN3O3. The summed E-state index contributed by atoms with van der Waals surface area (Å²) in [5, 5.41) is 5.39. The minimum absolute atomic E-state index is 0.0705. The second-order valence-electron chi connectivity index (χ2n) is 5.96. The van der Waals surface area contributed by atoms with E-state index in [4.69, 9.17) is 17.3 Å². The Balaban J connectivity index is 1.90. The van der Waals surface area contributed by atoms with Gasteiger partial charge >= 0.3 is 0 Å². The standard InChI is InChI=1S/C14H22ClN3O3/c15-7-12(19)11(6-9-3-4-17-13(9)20)18-14(21)10(16)5-8-1-2-8/h8-11H,1-7,16H2,(H,17,20)(H,18,21)/t9-,10-,11-/m0/s1. The minimum atomic E-state index is -0.728. The highest BCUT2D eigenvalue weighted by Gasteiger charge is 2.33. The van der Waals surface area contributed by atoms with Crippen molar-refractivity contribution in [1.29, 1.82) is 0 Å². The highest BCUT2D eigenvalue weighted by Crippen LogP contribution is 2.33. The molecule has 1 heterocycles. The second-order valence-corrected chi connectivity index (χ2v) is 6.23. The van der Waals surface area contributed by atoms with Crippen LogP contribution in [0.15, 0.2) is 0 Å². The Hall–Kier alpha value is -1.14. The number of amides is 2. The lowest BCUT2D eigenvalue weighted by Crippen LogP contribution is -2.50. The monoisotopic (exact) mass is 315 g/mol. The maximum absolute atomic E-state index is 12.1. The molecular weight excluding hydrogens is 294 g/mol. The van der Waals surface area contributed by atoms with Crippen LogP contribution < -0.4 is 16.4 Å². The van der Waals surface area contributed by atoms with Crippen molar-refractivity contribution in [3.8, 4) is 0 Å². The van der Waals surface area contributed by atoms with Gasteiger partial charge in [-0.25, -0.2) is 0 Å². The van der Waals surface area contributed by atoms with Crippen LogP contribution >= 0.6 is 11.6 Å². The minimum Gasteiger partial charge on any atom is -0.356 e. The van der Waals surface area contributed by atoms with E-state index in [1.54, 1.807) is 0 Å². The third-order valence-electron chi connectivity index (χ3n) is 4.14. The maximum atomic E-state index is 12.1. The van der Waals surface area contributed by atoms with E-state index in [9.17, 15) is 14.4 Å². The van der Waals surface area contributed by atoms with E-state index in [1.165, 1.54) is 0 Å². The molecule has 0 bridgehead atoms. The van der Waals surface area contributed by atoms with Crippen LogP contribution in [0.4, 0.5) is 0 Å². The zero-order chi connectivity index (χ0) is 15.4. The smallest absolute Gasteiger partial charge is 0.237 e. The number of nitrogens with one attached hydrogen (secondary N) is 2. The van der Waals surface area contributed by atoms with Crippen LogP contribution in [0.3, 0.4) is 0 Å². The van der Waals surface area contributed by atoms with Gasteiger partial charge in [0.15, 0.2) is 5.78 Å². The molecule has 3 atom stereocenters. The molecule has 0 aromatic heterocycles.